The highest BCUT2D eigenvalue weighted by Gasteiger charge is 2.47. The molecule has 1 aliphatic carbocycles. The Morgan fingerprint density at radius 1 is 0.847 bits per heavy atom. The molecule has 4 saturated heterocycles. The van der Waals surface area contributed by atoms with Crippen molar-refractivity contribution in [2.24, 2.45) is 5.92 Å². The van der Waals surface area contributed by atoms with Gasteiger partial charge in [-0.2, -0.15) is 4.98 Å². The Hall–Kier alpha value is -5.90. The fourth-order valence-electron chi connectivity index (χ4n) is 10.4. The van der Waals surface area contributed by atoms with E-state index in [1.54, 1.807) is 31.3 Å². The van der Waals surface area contributed by atoms with Gasteiger partial charge in [-0.15, -0.1) is 0 Å². The molecular weight excluding hydrogens is 751 g/mol. The number of hydrogen-bond acceptors (Lipinski definition) is 12. The van der Waals surface area contributed by atoms with E-state index < -0.39 is 23.8 Å². The van der Waals surface area contributed by atoms with Gasteiger partial charge in [-0.1, -0.05) is 12.8 Å². The SMILES string of the molecule is CN(C)C(=O)c1cc2cnc(Nc3ccc(N4CCC(CN5C[C@@H]6C[C@H]5CN6c5ccc6c(c5)C(=O)N(C5CCC(=O)NC5=O)C6=O)CC4)cn3)nc2n1C1CCCC1. The minimum Gasteiger partial charge on any atom is -0.370 e. The molecule has 16 nitrogen and oxygen atoms in total. The number of hydrogen-bond donors (Lipinski definition) is 2. The fraction of sp³-hybridized carbons (Fsp3) is 0.488. The molecule has 2 bridgehead atoms. The summed E-state index contributed by atoms with van der Waals surface area (Å²) in [6.45, 7) is 4.85. The Labute approximate surface area is 341 Å². The van der Waals surface area contributed by atoms with Crippen LogP contribution in [0.1, 0.15) is 95.0 Å². The Balaban J connectivity index is 0.728. The minimum absolute atomic E-state index is 0.0296. The summed E-state index contributed by atoms with van der Waals surface area (Å²) >= 11 is 0. The monoisotopic (exact) mass is 799 g/mol. The number of carbonyl (C=O) groups excluding carboxylic acids is 5. The summed E-state index contributed by atoms with van der Waals surface area (Å²) in [4.78, 5) is 88.1. The maximum atomic E-state index is 13.4. The molecule has 1 unspecified atom stereocenters. The lowest BCUT2D eigenvalue weighted by Crippen LogP contribution is -2.54. The highest BCUT2D eigenvalue weighted by atomic mass is 16.2. The molecule has 1 aromatic carbocycles. The van der Waals surface area contributed by atoms with Crippen molar-refractivity contribution in [2.75, 3.05) is 61.9 Å². The Kier molecular flexibility index (Phi) is 9.33. The second-order valence-corrected chi connectivity index (χ2v) is 17.3. The standard InChI is InChI=1S/C43H49N11O5/c1-49(2)42(59)35-17-26-20-45-43(48-38(26)53(35)27-5-3-4-6-27)46-36-11-8-29(21-44-36)50-15-13-25(14-16-50)22-51-23-31-18-30(51)24-52(31)28-7-9-32-33(19-28)41(58)54(40(32)57)34-10-12-37(55)47-39(34)56/h7-9,11,17,19-21,25,27,30-31,34H,3-6,10,12-16,18,22-24H2,1-2H3,(H,47,55,56)(H,44,45,46,48)/t30-,31-,34?/m0/s1. The van der Waals surface area contributed by atoms with Crippen molar-refractivity contribution in [1.29, 1.82) is 0 Å². The molecule has 4 aromatic rings. The van der Waals surface area contributed by atoms with Gasteiger partial charge in [-0.05, 0) is 80.8 Å². The summed E-state index contributed by atoms with van der Waals surface area (Å²) in [5.74, 6) is -0.224. The van der Waals surface area contributed by atoms with Gasteiger partial charge in [0, 0.05) is 88.6 Å². The predicted molar refractivity (Wildman–Crippen MR) is 220 cm³/mol. The van der Waals surface area contributed by atoms with Crippen LogP contribution in [0.3, 0.4) is 0 Å². The smallest absolute Gasteiger partial charge is 0.270 e. The van der Waals surface area contributed by atoms with Crippen LogP contribution in [0.25, 0.3) is 11.0 Å². The molecule has 8 heterocycles. The maximum absolute atomic E-state index is 13.4. The molecule has 3 aromatic heterocycles. The third kappa shape index (κ3) is 6.66. The van der Waals surface area contributed by atoms with Gasteiger partial charge in [0.25, 0.3) is 17.7 Å². The number of piperazine rings is 1. The number of aromatic nitrogens is 4. The number of piperidine rings is 2. The number of carbonyl (C=O) groups is 5. The van der Waals surface area contributed by atoms with Crippen LogP contribution in [0.4, 0.5) is 23.1 Å². The van der Waals surface area contributed by atoms with Crippen LogP contribution >= 0.6 is 0 Å². The average molecular weight is 800 g/mol. The molecule has 16 heteroatoms. The molecule has 10 rings (SSSR count). The van der Waals surface area contributed by atoms with Crippen molar-refractivity contribution in [2.45, 2.75) is 82.0 Å². The zero-order valence-corrected chi connectivity index (χ0v) is 33.5. The maximum Gasteiger partial charge on any atom is 0.270 e. The lowest BCUT2D eigenvalue weighted by atomic mass is 9.95. The lowest BCUT2D eigenvalue weighted by molar-refractivity contribution is -0.136. The second-order valence-electron chi connectivity index (χ2n) is 17.3. The molecule has 3 atom stereocenters. The van der Waals surface area contributed by atoms with E-state index in [-0.39, 0.29) is 30.7 Å². The number of pyridine rings is 1. The van der Waals surface area contributed by atoms with E-state index in [2.05, 4.69) is 41.0 Å². The average Bonchev–Trinajstić information content (AvgIpc) is 4.08. The molecule has 306 valence electrons. The molecule has 5 amide bonds. The zero-order valence-electron chi connectivity index (χ0n) is 33.5. The first-order valence-electron chi connectivity index (χ1n) is 21.0. The molecule has 5 aliphatic heterocycles. The number of nitrogens with one attached hydrogen (secondary N) is 2. The summed E-state index contributed by atoms with van der Waals surface area (Å²) in [5.41, 5.74) is 4.10. The van der Waals surface area contributed by atoms with Crippen molar-refractivity contribution < 1.29 is 24.0 Å². The van der Waals surface area contributed by atoms with Crippen LogP contribution in [-0.4, -0.2) is 129 Å². The molecule has 1 saturated carbocycles. The van der Waals surface area contributed by atoms with Crippen LogP contribution in [-0.2, 0) is 9.59 Å². The van der Waals surface area contributed by atoms with Gasteiger partial charge in [-0.25, -0.2) is 9.97 Å². The van der Waals surface area contributed by atoms with Gasteiger partial charge in [0.1, 0.15) is 23.2 Å². The first-order valence-corrected chi connectivity index (χ1v) is 21.0. The zero-order chi connectivity index (χ0) is 40.5. The third-order valence-electron chi connectivity index (χ3n) is 13.5. The van der Waals surface area contributed by atoms with Crippen molar-refractivity contribution in [3.63, 3.8) is 0 Å². The second kappa shape index (κ2) is 14.7. The number of rotatable bonds is 9. The molecule has 6 aliphatic rings. The minimum atomic E-state index is -0.965. The van der Waals surface area contributed by atoms with Gasteiger partial charge in [-0.3, -0.25) is 39.1 Å². The van der Waals surface area contributed by atoms with E-state index in [1.165, 1.54) is 0 Å². The van der Waals surface area contributed by atoms with Crippen molar-refractivity contribution in [1.82, 2.24) is 39.5 Å². The van der Waals surface area contributed by atoms with Crippen LogP contribution in [0.2, 0.25) is 0 Å². The Morgan fingerprint density at radius 2 is 1.63 bits per heavy atom. The molecule has 59 heavy (non-hydrogen) atoms. The first-order chi connectivity index (χ1) is 28.6. The molecule has 5 fully saturated rings. The number of amides is 5. The van der Waals surface area contributed by atoms with Crippen molar-refractivity contribution in [3.05, 3.63) is 65.6 Å². The number of fused-ring (bicyclic) bond motifs is 4. The lowest BCUT2D eigenvalue weighted by Gasteiger charge is -2.39. The largest absolute Gasteiger partial charge is 0.370 e. The summed E-state index contributed by atoms with van der Waals surface area (Å²) < 4.78 is 2.12. The topological polar surface area (TPSA) is 169 Å². The number of anilines is 4. The Morgan fingerprint density at radius 3 is 2.34 bits per heavy atom. The Bertz CT molecular complexity index is 2360. The van der Waals surface area contributed by atoms with E-state index in [0.717, 1.165) is 105 Å². The highest BCUT2D eigenvalue weighted by molar-refractivity contribution is 6.23. The molecule has 0 radical (unpaired) electrons. The van der Waals surface area contributed by atoms with Crippen molar-refractivity contribution >= 4 is 63.7 Å². The third-order valence-corrected chi connectivity index (χ3v) is 13.5. The van der Waals surface area contributed by atoms with Gasteiger partial charge in [0.15, 0.2) is 0 Å². The van der Waals surface area contributed by atoms with E-state index in [9.17, 15) is 24.0 Å². The van der Waals surface area contributed by atoms with Gasteiger partial charge in [0.2, 0.25) is 17.8 Å². The number of nitrogens with zero attached hydrogens (tertiary/aromatic N) is 9. The summed E-state index contributed by atoms with van der Waals surface area (Å²) in [7, 11) is 3.56. The van der Waals surface area contributed by atoms with Crippen molar-refractivity contribution in [3.8, 4) is 0 Å². The van der Waals surface area contributed by atoms with Crippen LogP contribution in [0, 0.1) is 5.92 Å². The van der Waals surface area contributed by atoms with Crippen LogP contribution < -0.4 is 20.4 Å². The quantitative estimate of drug-likeness (QED) is 0.234. The summed E-state index contributed by atoms with van der Waals surface area (Å²) in [5, 5.41) is 6.40. The summed E-state index contributed by atoms with van der Waals surface area (Å²) in [6.07, 6.45) is 11.6. The number of benzene rings is 1. The van der Waals surface area contributed by atoms with E-state index in [0.29, 0.717) is 46.6 Å². The van der Waals surface area contributed by atoms with E-state index >= 15 is 0 Å². The number of likely N-dealkylation sites (tertiary alicyclic amines) is 1. The molecule has 2 N–H and O–H groups in total. The van der Waals surface area contributed by atoms with E-state index in [1.807, 2.05) is 30.5 Å². The fourth-order valence-corrected chi connectivity index (χ4v) is 10.4. The highest BCUT2D eigenvalue weighted by Crippen LogP contribution is 2.39. The van der Waals surface area contributed by atoms with Crippen LogP contribution in [0.5, 0.6) is 0 Å². The summed E-state index contributed by atoms with van der Waals surface area (Å²) in [6, 6.07) is 11.5. The molecule has 0 spiro atoms. The predicted octanol–water partition coefficient (Wildman–Crippen LogP) is 3.97. The number of imide groups is 2. The van der Waals surface area contributed by atoms with Crippen LogP contribution in [0.15, 0.2) is 48.8 Å². The first kappa shape index (κ1) is 37.4. The van der Waals surface area contributed by atoms with Gasteiger partial charge >= 0.3 is 0 Å². The van der Waals surface area contributed by atoms with Gasteiger partial charge in [0.05, 0.1) is 23.0 Å². The van der Waals surface area contributed by atoms with E-state index in [4.69, 9.17) is 9.97 Å². The van der Waals surface area contributed by atoms with Gasteiger partial charge < -0.3 is 24.6 Å². The normalized spacial score (nSPS) is 23.8. The molecular formula is C43H49N11O5.